The molecule has 3 aromatic rings. The average molecular weight is 412 g/mol. The highest BCUT2D eigenvalue weighted by Crippen LogP contribution is 2.22. The number of methoxy groups -OCH3 is 1. The quantitative estimate of drug-likeness (QED) is 0.567. The van der Waals surface area contributed by atoms with Gasteiger partial charge in [0.05, 0.1) is 23.3 Å². The van der Waals surface area contributed by atoms with Crippen LogP contribution in [-0.2, 0) is 14.6 Å². The number of hydrogen-bond donors (Lipinski definition) is 2. The van der Waals surface area contributed by atoms with Crippen molar-refractivity contribution in [1.29, 1.82) is 0 Å². The molecule has 0 unspecified atom stereocenters. The molecule has 0 saturated carbocycles. The largest absolute Gasteiger partial charge is 0.465 e. The fourth-order valence-electron chi connectivity index (χ4n) is 2.53. The van der Waals surface area contributed by atoms with Gasteiger partial charge in [0.1, 0.15) is 18.0 Å². The lowest BCUT2D eigenvalue weighted by Gasteiger charge is -2.10. The molecule has 8 nitrogen and oxygen atoms in total. The number of rotatable bonds is 7. The molecule has 1 aromatic heterocycles. The molecule has 150 valence electrons. The molecule has 0 atom stereocenters. The highest BCUT2D eigenvalue weighted by atomic mass is 32.2. The summed E-state index contributed by atoms with van der Waals surface area (Å²) >= 11 is 0. The number of carbonyl (C=O) groups excluding carboxylic acids is 1. The van der Waals surface area contributed by atoms with Crippen molar-refractivity contribution in [2.24, 2.45) is 0 Å². The first kappa shape index (κ1) is 20.3. The molecular weight excluding hydrogens is 392 g/mol. The minimum atomic E-state index is -3.29. The Morgan fingerprint density at radius 2 is 1.62 bits per heavy atom. The summed E-state index contributed by atoms with van der Waals surface area (Å²) in [6.45, 7) is 1.61. The molecule has 0 fully saturated rings. The normalized spacial score (nSPS) is 11.0. The highest BCUT2D eigenvalue weighted by Gasteiger charge is 2.12. The molecule has 3 rings (SSSR count). The first-order valence-electron chi connectivity index (χ1n) is 8.78. The zero-order valence-electron chi connectivity index (χ0n) is 15.9. The second-order valence-electron chi connectivity index (χ2n) is 6.04. The molecule has 0 amide bonds. The van der Waals surface area contributed by atoms with E-state index in [1.807, 2.05) is 0 Å². The van der Waals surface area contributed by atoms with Crippen LogP contribution < -0.4 is 10.6 Å². The monoisotopic (exact) mass is 412 g/mol. The number of aromatic nitrogens is 2. The fourth-order valence-corrected chi connectivity index (χ4v) is 3.46. The lowest BCUT2D eigenvalue weighted by Crippen LogP contribution is -2.04. The number of nitrogens with one attached hydrogen (secondary N) is 2. The van der Waals surface area contributed by atoms with Gasteiger partial charge >= 0.3 is 5.97 Å². The van der Waals surface area contributed by atoms with Gasteiger partial charge in [-0.25, -0.2) is 23.2 Å². The van der Waals surface area contributed by atoms with Crippen molar-refractivity contribution < 1.29 is 17.9 Å². The molecule has 9 heteroatoms. The Kier molecular flexibility index (Phi) is 6.08. The Bertz CT molecular complexity index is 1120. The van der Waals surface area contributed by atoms with E-state index in [0.717, 1.165) is 5.69 Å². The van der Waals surface area contributed by atoms with Crippen molar-refractivity contribution in [3.63, 3.8) is 0 Å². The van der Waals surface area contributed by atoms with Crippen LogP contribution in [0.4, 0.5) is 23.0 Å². The molecule has 0 spiro atoms. The molecule has 0 bridgehead atoms. The third-order valence-corrected chi connectivity index (χ3v) is 5.82. The van der Waals surface area contributed by atoms with Gasteiger partial charge in [0, 0.05) is 17.4 Å². The molecule has 0 aliphatic carbocycles. The third kappa shape index (κ3) is 5.08. The lowest BCUT2D eigenvalue weighted by atomic mass is 10.2. The molecular formula is C20H20N4O4S. The van der Waals surface area contributed by atoms with Crippen LogP contribution in [0, 0.1) is 0 Å². The van der Waals surface area contributed by atoms with Gasteiger partial charge < -0.3 is 15.4 Å². The molecule has 2 aromatic carbocycles. The summed E-state index contributed by atoms with van der Waals surface area (Å²) in [5.74, 6) is 0.662. The first-order chi connectivity index (χ1) is 13.9. The van der Waals surface area contributed by atoms with Crippen molar-refractivity contribution in [1.82, 2.24) is 9.97 Å². The minimum Gasteiger partial charge on any atom is -0.465 e. The smallest absolute Gasteiger partial charge is 0.337 e. The highest BCUT2D eigenvalue weighted by molar-refractivity contribution is 7.91. The van der Waals surface area contributed by atoms with Gasteiger partial charge in [0.2, 0.25) is 0 Å². The van der Waals surface area contributed by atoms with Crippen molar-refractivity contribution in [3.05, 3.63) is 66.5 Å². The van der Waals surface area contributed by atoms with Gasteiger partial charge in [-0.1, -0.05) is 13.0 Å². The second-order valence-corrected chi connectivity index (χ2v) is 8.32. The number of sulfone groups is 1. The zero-order chi connectivity index (χ0) is 20.9. The predicted octanol–water partition coefficient (Wildman–Crippen LogP) is 3.54. The van der Waals surface area contributed by atoms with Gasteiger partial charge in [-0.15, -0.1) is 0 Å². The van der Waals surface area contributed by atoms with Crippen LogP contribution in [0.3, 0.4) is 0 Å². The summed E-state index contributed by atoms with van der Waals surface area (Å²) < 4.78 is 28.8. The van der Waals surface area contributed by atoms with Crippen LogP contribution in [0.2, 0.25) is 0 Å². The summed E-state index contributed by atoms with van der Waals surface area (Å²) in [5, 5.41) is 6.20. The van der Waals surface area contributed by atoms with E-state index in [2.05, 4.69) is 25.3 Å². The van der Waals surface area contributed by atoms with E-state index in [1.54, 1.807) is 61.5 Å². The van der Waals surface area contributed by atoms with Crippen LogP contribution >= 0.6 is 0 Å². The summed E-state index contributed by atoms with van der Waals surface area (Å²) in [6, 6.07) is 15.0. The number of benzene rings is 2. The van der Waals surface area contributed by atoms with Crippen molar-refractivity contribution in [2.75, 3.05) is 23.5 Å². The Balaban J connectivity index is 1.75. The van der Waals surface area contributed by atoms with Crippen LogP contribution in [0.25, 0.3) is 0 Å². The standard InChI is InChI=1S/C20H20N4O4S/c1-3-29(26,27)17-6-4-5-16(11-17)24-19-12-18(21-13-22-19)23-15-9-7-14(8-10-15)20(25)28-2/h4-13H,3H2,1-2H3,(H2,21,22,23,24). The van der Waals surface area contributed by atoms with Gasteiger partial charge in [0.25, 0.3) is 0 Å². The van der Waals surface area contributed by atoms with Crippen LogP contribution in [-0.4, -0.2) is 37.2 Å². The fraction of sp³-hybridized carbons (Fsp3) is 0.150. The molecule has 0 aliphatic heterocycles. The SMILES string of the molecule is CCS(=O)(=O)c1cccc(Nc2cc(Nc3ccc(C(=O)OC)cc3)ncn2)c1. The number of esters is 1. The average Bonchev–Trinajstić information content (AvgIpc) is 2.74. The first-order valence-corrected chi connectivity index (χ1v) is 10.4. The molecule has 1 heterocycles. The third-order valence-electron chi connectivity index (χ3n) is 4.09. The van der Waals surface area contributed by atoms with Crippen molar-refractivity contribution >= 4 is 38.8 Å². The van der Waals surface area contributed by atoms with E-state index in [4.69, 9.17) is 0 Å². The Labute approximate surface area is 168 Å². The number of nitrogens with zero attached hydrogens (tertiary/aromatic N) is 2. The van der Waals surface area contributed by atoms with Crippen molar-refractivity contribution in [2.45, 2.75) is 11.8 Å². The van der Waals surface area contributed by atoms with Gasteiger partial charge in [-0.3, -0.25) is 0 Å². The number of carbonyl (C=O) groups is 1. The van der Waals surface area contributed by atoms with E-state index >= 15 is 0 Å². The Morgan fingerprint density at radius 1 is 0.966 bits per heavy atom. The lowest BCUT2D eigenvalue weighted by molar-refractivity contribution is 0.0600. The zero-order valence-corrected chi connectivity index (χ0v) is 16.7. The molecule has 0 radical (unpaired) electrons. The van der Waals surface area contributed by atoms with Crippen LogP contribution in [0.15, 0.2) is 65.8 Å². The number of hydrogen-bond acceptors (Lipinski definition) is 8. The second kappa shape index (κ2) is 8.70. The summed E-state index contributed by atoms with van der Waals surface area (Å²) in [5.41, 5.74) is 1.79. The maximum atomic E-state index is 12.1. The van der Waals surface area contributed by atoms with Gasteiger partial charge in [0.15, 0.2) is 9.84 Å². The van der Waals surface area contributed by atoms with Gasteiger partial charge in [-0.2, -0.15) is 0 Å². The van der Waals surface area contributed by atoms with E-state index in [0.29, 0.717) is 22.9 Å². The summed E-state index contributed by atoms with van der Waals surface area (Å²) in [6.07, 6.45) is 1.39. The van der Waals surface area contributed by atoms with E-state index in [9.17, 15) is 13.2 Å². The van der Waals surface area contributed by atoms with Crippen LogP contribution in [0.1, 0.15) is 17.3 Å². The summed E-state index contributed by atoms with van der Waals surface area (Å²) in [7, 11) is -1.96. The number of anilines is 4. The maximum Gasteiger partial charge on any atom is 0.337 e. The predicted molar refractivity (Wildman–Crippen MR) is 111 cm³/mol. The van der Waals surface area contributed by atoms with E-state index in [1.165, 1.54) is 13.4 Å². The molecule has 2 N–H and O–H groups in total. The molecule has 29 heavy (non-hydrogen) atoms. The summed E-state index contributed by atoms with van der Waals surface area (Å²) in [4.78, 5) is 20.1. The van der Waals surface area contributed by atoms with Gasteiger partial charge in [-0.05, 0) is 42.5 Å². The number of ether oxygens (including phenoxy) is 1. The Morgan fingerprint density at radius 3 is 2.24 bits per heavy atom. The Hall–Kier alpha value is -3.46. The van der Waals surface area contributed by atoms with Crippen LogP contribution in [0.5, 0.6) is 0 Å². The maximum absolute atomic E-state index is 12.1. The van der Waals surface area contributed by atoms with Crippen molar-refractivity contribution in [3.8, 4) is 0 Å². The molecule has 0 aliphatic rings. The minimum absolute atomic E-state index is 0.0345. The van der Waals surface area contributed by atoms with E-state index in [-0.39, 0.29) is 10.6 Å². The topological polar surface area (TPSA) is 110 Å². The molecule has 0 saturated heterocycles. The van der Waals surface area contributed by atoms with E-state index < -0.39 is 15.8 Å².